The number of likely N-dealkylation sites (tertiary alicyclic amines) is 1. The van der Waals surface area contributed by atoms with E-state index in [1.165, 1.54) is 5.56 Å². The molecule has 3 aromatic rings. The molecule has 2 saturated heterocycles. The zero-order chi connectivity index (χ0) is 34.6. The van der Waals surface area contributed by atoms with Crippen LogP contribution < -0.4 is 10.2 Å². The second-order valence-electron chi connectivity index (χ2n) is 14.6. The van der Waals surface area contributed by atoms with Gasteiger partial charge in [-0.3, -0.25) is 19.5 Å². The molecule has 0 aliphatic carbocycles. The largest absolute Gasteiger partial charge is 0.379 e. The second kappa shape index (κ2) is 15.2. The Morgan fingerprint density at radius 2 is 1.60 bits per heavy atom. The van der Waals surface area contributed by atoms with E-state index in [9.17, 15) is 9.59 Å². The molecule has 2 aromatic carbocycles. The lowest BCUT2D eigenvalue weighted by atomic mass is 9.92. The molecule has 258 valence electrons. The van der Waals surface area contributed by atoms with Crippen LogP contribution in [0.25, 0.3) is 11.1 Å². The number of aromatic nitrogens is 1. The summed E-state index contributed by atoms with van der Waals surface area (Å²) in [6.07, 6.45) is 1.80. The number of nitrogens with zero attached hydrogens (tertiary/aromatic N) is 4. The fourth-order valence-corrected chi connectivity index (χ4v) is 7.28. The third-order valence-electron chi connectivity index (χ3n) is 10.0. The maximum absolute atomic E-state index is 14.0. The van der Waals surface area contributed by atoms with E-state index in [-0.39, 0.29) is 23.3 Å². The van der Waals surface area contributed by atoms with Crippen molar-refractivity contribution in [1.29, 1.82) is 0 Å². The molecule has 2 amide bonds. The fraction of sp³-hybridized carbons (Fsp3) is 0.525. The number of carbonyl (C=O) groups is 2. The first-order valence-electron chi connectivity index (χ1n) is 17.7. The lowest BCUT2D eigenvalue weighted by Crippen LogP contribution is -2.49. The Kier molecular flexibility index (Phi) is 11.3. The highest BCUT2D eigenvalue weighted by Gasteiger charge is 2.33. The van der Waals surface area contributed by atoms with E-state index in [4.69, 9.17) is 4.74 Å². The van der Waals surface area contributed by atoms with Crippen molar-refractivity contribution < 1.29 is 14.3 Å². The van der Waals surface area contributed by atoms with Crippen LogP contribution in [-0.2, 0) is 22.6 Å². The van der Waals surface area contributed by atoms with Gasteiger partial charge in [0.05, 0.1) is 13.2 Å². The Morgan fingerprint density at radius 1 is 0.938 bits per heavy atom. The number of morpholine rings is 1. The summed E-state index contributed by atoms with van der Waals surface area (Å²) < 4.78 is 5.53. The van der Waals surface area contributed by atoms with Gasteiger partial charge in [0, 0.05) is 79.9 Å². The maximum Gasteiger partial charge on any atom is 0.251 e. The van der Waals surface area contributed by atoms with Gasteiger partial charge in [-0.05, 0) is 99.0 Å². The molecule has 2 aliphatic heterocycles. The van der Waals surface area contributed by atoms with Crippen LogP contribution in [0.4, 0.5) is 5.69 Å². The van der Waals surface area contributed by atoms with Gasteiger partial charge in [0.25, 0.3) is 5.91 Å². The van der Waals surface area contributed by atoms with Crippen LogP contribution in [0.5, 0.6) is 0 Å². The van der Waals surface area contributed by atoms with Gasteiger partial charge >= 0.3 is 0 Å². The molecule has 2 fully saturated rings. The first kappa shape index (κ1) is 35.6. The molecule has 0 saturated carbocycles. The number of benzene rings is 2. The van der Waals surface area contributed by atoms with Gasteiger partial charge in [0.15, 0.2) is 0 Å². The van der Waals surface area contributed by atoms with Crippen LogP contribution in [0.3, 0.4) is 0 Å². The van der Waals surface area contributed by atoms with Gasteiger partial charge in [-0.25, -0.2) is 0 Å². The van der Waals surface area contributed by atoms with Gasteiger partial charge in [0.2, 0.25) is 5.91 Å². The summed E-state index contributed by atoms with van der Waals surface area (Å²) in [4.78, 5) is 38.6. The van der Waals surface area contributed by atoms with E-state index in [0.29, 0.717) is 12.1 Å². The Labute approximate surface area is 287 Å². The lowest BCUT2D eigenvalue weighted by Gasteiger charge is -2.41. The fourth-order valence-electron chi connectivity index (χ4n) is 7.28. The predicted octanol–water partition coefficient (Wildman–Crippen LogP) is 6.61. The molecule has 0 atom stereocenters. The van der Waals surface area contributed by atoms with Crippen LogP contribution in [-0.4, -0.2) is 78.6 Å². The molecule has 48 heavy (non-hydrogen) atoms. The Balaban J connectivity index is 1.45. The smallest absolute Gasteiger partial charge is 0.251 e. The molecule has 3 heterocycles. The minimum atomic E-state index is -0.381. The molecule has 0 bridgehead atoms. The van der Waals surface area contributed by atoms with Crippen LogP contribution in [0.15, 0.2) is 42.5 Å². The summed E-state index contributed by atoms with van der Waals surface area (Å²) in [5.41, 5.74) is 9.89. The molecule has 2 aliphatic rings. The van der Waals surface area contributed by atoms with Crippen molar-refractivity contribution in [3.63, 3.8) is 0 Å². The number of hydrogen-bond acceptors (Lipinski definition) is 6. The number of piperidine rings is 1. The van der Waals surface area contributed by atoms with Crippen molar-refractivity contribution in [3.05, 3.63) is 81.7 Å². The average Bonchev–Trinajstić information content (AvgIpc) is 3.05. The number of hydrogen-bond donors (Lipinski definition) is 1. The Morgan fingerprint density at radius 3 is 2.21 bits per heavy atom. The maximum atomic E-state index is 14.0. The Hall–Kier alpha value is -3.75. The number of nitrogens with one attached hydrogen (secondary N) is 1. The lowest BCUT2D eigenvalue weighted by molar-refractivity contribution is -0.140. The topological polar surface area (TPSA) is 78.0 Å². The highest BCUT2D eigenvalue weighted by Crippen LogP contribution is 2.35. The van der Waals surface area contributed by atoms with E-state index < -0.39 is 0 Å². The number of carbonyl (C=O) groups excluding carboxylic acids is 2. The number of amides is 2. The monoisotopic (exact) mass is 653 g/mol. The molecule has 1 aromatic heterocycles. The van der Waals surface area contributed by atoms with Gasteiger partial charge in [-0.15, -0.1) is 0 Å². The van der Waals surface area contributed by atoms with Crippen molar-refractivity contribution in [2.45, 2.75) is 87.4 Å². The zero-order valence-electron chi connectivity index (χ0n) is 30.4. The van der Waals surface area contributed by atoms with Crippen LogP contribution in [0, 0.1) is 33.1 Å². The molecular formula is C40H55N5O3. The SMILES string of the molecule is CCN(c1cc(-c2ccc(CN3CCOCC3)cc2)cc(C(=O)NCc2c(C)cc(C)nc2C)c1C)C1CCN(C(=O)C(C)(C)C)CC1. The first-order valence-corrected chi connectivity index (χ1v) is 17.7. The van der Waals surface area contributed by atoms with Crippen LogP contribution >= 0.6 is 0 Å². The third-order valence-corrected chi connectivity index (χ3v) is 10.0. The van der Waals surface area contributed by atoms with Gasteiger partial charge < -0.3 is 19.9 Å². The molecule has 8 nitrogen and oxygen atoms in total. The van der Waals surface area contributed by atoms with Gasteiger partial charge in [0.1, 0.15) is 0 Å². The first-order chi connectivity index (χ1) is 22.8. The summed E-state index contributed by atoms with van der Waals surface area (Å²) in [7, 11) is 0. The third kappa shape index (κ3) is 8.27. The summed E-state index contributed by atoms with van der Waals surface area (Å²) in [5, 5.41) is 3.23. The van der Waals surface area contributed by atoms with E-state index >= 15 is 0 Å². The number of anilines is 1. The van der Waals surface area contributed by atoms with Crippen LogP contribution in [0.2, 0.25) is 0 Å². The second-order valence-corrected chi connectivity index (χ2v) is 14.6. The van der Waals surface area contributed by atoms with E-state index in [2.05, 4.69) is 83.3 Å². The van der Waals surface area contributed by atoms with E-state index in [1.54, 1.807) is 0 Å². The summed E-state index contributed by atoms with van der Waals surface area (Å²) in [6, 6.07) is 15.4. The predicted molar refractivity (Wildman–Crippen MR) is 194 cm³/mol. The summed E-state index contributed by atoms with van der Waals surface area (Å²) in [6.45, 7) is 23.5. The molecule has 1 N–H and O–H groups in total. The minimum Gasteiger partial charge on any atom is -0.379 e. The summed E-state index contributed by atoms with van der Waals surface area (Å²) >= 11 is 0. The van der Waals surface area contributed by atoms with Gasteiger partial charge in [-0.2, -0.15) is 0 Å². The molecule has 0 spiro atoms. The molecule has 5 rings (SSSR count). The van der Waals surface area contributed by atoms with Crippen molar-refractivity contribution in [2.75, 3.05) is 50.8 Å². The number of rotatable bonds is 9. The molecule has 0 unspecified atom stereocenters. The quantitative estimate of drug-likeness (QED) is 0.280. The highest BCUT2D eigenvalue weighted by molar-refractivity contribution is 5.99. The number of ether oxygens (including phenoxy) is 1. The van der Waals surface area contributed by atoms with Crippen molar-refractivity contribution >= 4 is 17.5 Å². The van der Waals surface area contributed by atoms with E-state index in [0.717, 1.165) is 110 Å². The zero-order valence-corrected chi connectivity index (χ0v) is 30.4. The molecule has 0 radical (unpaired) electrons. The van der Waals surface area contributed by atoms with E-state index in [1.807, 2.05) is 39.5 Å². The number of aryl methyl sites for hydroxylation is 3. The van der Waals surface area contributed by atoms with Crippen molar-refractivity contribution in [2.24, 2.45) is 5.41 Å². The number of pyridine rings is 1. The van der Waals surface area contributed by atoms with Crippen LogP contribution in [0.1, 0.15) is 84.5 Å². The average molecular weight is 654 g/mol. The molecular weight excluding hydrogens is 598 g/mol. The summed E-state index contributed by atoms with van der Waals surface area (Å²) in [5.74, 6) is 0.132. The van der Waals surface area contributed by atoms with Crippen molar-refractivity contribution in [1.82, 2.24) is 20.1 Å². The highest BCUT2D eigenvalue weighted by atomic mass is 16.5. The normalized spacial score (nSPS) is 16.2. The Bertz CT molecular complexity index is 1570. The van der Waals surface area contributed by atoms with Gasteiger partial charge in [-0.1, -0.05) is 45.0 Å². The standard InChI is InChI=1S/C40H55N5O3/c1-9-45(34-14-16-44(17-15-34)39(47)40(6,7)8)37-24-33(32-12-10-31(11-13-32)26-43-18-20-48-21-19-43)23-35(29(37)4)38(46)41-25-36-27(2)22-28(3)42-30(36)5/h10-13,22-24,34H,9,14-21,25-26H2,1-8H3,(H,41,46). The molecule has 8 heteroatoms. The van der Waals surface area contributed by atoms with Crippen molar-refractivity contribution in [3.8, 4) is 11.1 Å². The minimum absolute atomic E-state index is 0.0828.